The van der Waals surface area contributed by atoms with E-state index in [2.05, 4.69) is 23.2 Å². The molecule has 2 aromatic carbocycles. The summed E-state index contributed by atoms with van der Waals surface area (Å²) in [5.74, 6) is -0.355. The number of hydrogen-bond donors (Lipinski definition) is 1. The van der Waals surface area contributed by atoms with Crippen molar-refractivity contribution in [1.82, 2.24) is 4.98 Å². The van der Waals surface area contributed by atoms with Crippen LogP contribution in [0, 0.1) is 0 Å². The van der Waals surface area contributed by atoms with E-state index in [1.54, 1.807) is 0 Å². The zero-order valence-electron chi connectivity index (χ0n) is 10.5. The summed E-state index contributed by atoms with van der Waals surface area (Å²) in [7, 11) is 1.38. The highest BCUT2D eigenvalue weighted by atomic mass is 16.5. The van der Waals surface area contributed by atoms with Crippen molar-refractivity contribution in [2.45, 2.75) is 0 Å². The van der Waals surface area contributed by atoms with Crippen LogP contribution >= 0.6 is 0 Å². The number of aromatic nitrogens is 1. The van der Waals surface area contributed by atoms with Crippen LogP contribution in [-0.4, -0.2) is 18.1 Å². The predicted molar refractivity (Wildman–Crippen MR) is 75.1 cm³/mol. The number of H-pyrrole nitrogens is 1. The lowest BCUT2D eigenvalue weighted by Gasteiger charge is -2.03. The fourth-order valence-corrected chi connectivity index (χ4v) is 2.25. The van der Waals surface area contributed by atoms with Crippen LogP contribution in [0.5, 0.6) is 0 Å². The molecule has 3 aromatic rings. The summed E-state index contributed by atoms with van der Waals surface area (Å²) < 4.78 is 4.70. The summed E-state index contributed by atoms with van der Waals surface area (Å²) in [6.45, 7) is 0. The highest BCUT2D eigenvalue weighted by molar-refractivity contribution is 5.98. The van der Waals surface area contributed by atoms with Crippen LogP contribution < -0.4 is 0 Å². The van der Waals surface area contributed by atoms with Gasteiger partial charge in [0.1, 0.15) is 5.69 Å². The van der Waals surface area contributed by atoms with Gasteiger partial charge in [-0.2, -0.15) is 0 Å². The minimum absolute atomic E-state index is 0.355. The average molecular weight is 251 g/mol. The molecule has 1 N–H and O–H groups in total. The van der Waals surface area contributed by atoms with Gasteiger partial charge < -0.3 is 9.72 Å². The third-order valence-corrected chi connectivity index (χ3v) is 3.19. The Morgan fingerprint density at radius 2 is 1.89 bits per heavy atom. The molecular weight excluding hydrogens is 238 g/mol. The number of benzene rings is 2. The molecule has 0 saturated carbocycles. The van der Waals surface area contributed by atoms with Crippen molar-refractivity contribution in [2.75, 3.05) is 7.11 Å². The van der Waals surface area contributed by atoms with Crippen LogP contribution in [0.1, 0.15) is 10.5 Å². The largest absolute Gasteiger partial charge is 0.464 e. The van der Waals surface area contributed by atoms with E-state index < -0.39 is 0 Å². The molecule has 0 unspecified atom stereocenters. The van der Waals surface area contributed by atoms with E-state index in [0.717, 1.165) is 11.1 Å². The lowest BCUT2D eigenvalue weighted by atomic mass is 10.0. The Hall–Kier alpha value is -2.55. The molecule has 0 atom stereocenters. The molecule has 0 radical (unpaired) electrons. The number of methoxy groups -OCH3 is 1. The average Bonchev–Trinajstić information content (AvgIpc) is 2.95. The summed E-state index contributed by atoms with van der Waals surface area (Å²) >= 11 is 0. The van der Waals surface area contributed by atoms with Crippen LogP contribution in [-0.2, 0) is 4.74 Å². The van der Waals surface area contributed by atoms with Crippen LogP contribution in [0.4, 0.5) is 0 Å². The summed E-state index contributed by atoms with van der Waals surface area (Å²) in [5.41, 5.74) is 2.55. The molecule has 0 aliphatic rings. The van der Waals surface area contributed by atoms with Crippen molar-refractivity contribution in [1.29, 1.82) is 0 Å². The number of esters is 1. The van der Waals surface area contributed by atoms with Crippen molar-refractivity contribution >= 4 is 16.7 Å². The van der Waals surface area contributed by atoms with E-state index in [1.165, 1.54) is 17.9 Å². The van der Waals surface area contributed by atoms with Gasteiger partial charge in [-0.25, -0.2) is 4.79 Å². The molecule has 0 aliphatic heterocycles. The normalized spacial score (nSPS) is 10.6. The Morgan fingerprint density at radius 1 is 1.11 bits per heavy atom. The number of carbonyl (C=O) groups excluding carboxylic acids is 1. The van der Waals surface area contributed by atoms with Gasteiger partial charge in [-0.05, 0) is 22.4 Å². The third kappa shape index (κ3) is 1.99. The van der Waals surface area contributed by atoms with Crippen LogP contribution in [0.2, 0.25) is 0 Å². The van der Waals surface area contributed by atoms with Gasteiger partial charge in [0, 0.05) is 11.8 Å². The number of rotatable bonds is 2. The number of hydrogen-bond acceptors (Lipinski definition) is 2. The van der Waals surface area contributed by atoms with Gasteiger partial charge in [0.15, 0.2) is 0 Å². The number of ether oxygens (including phenoxy) is 1. The number of carbonyl (C=O) groups is 1. The fourth-order valence-electron chi connectivity index (χ4n) is 2.25. The smallest absolute Gasteiger partial charge is 0.354 e. The van der Waals surface area contributed by atoms with E-state index in [1.807, 2.05) is 36.5 Å². The maximum atomic E-state index is 11.5. The molecule has 0 bridgehead atoms. The van der Waals surface area contributed by atoms with Crippen LogP contribution in [0.15, 0.2) is 54.7 Å². The van der Waals surface area contributed by atoms with Crippen molar-refractivity contribution in [3.8, 4) is 11.1 Å². The number of aromatic amines is 1. The van der Waals surface area contributed by atoms with Gasteiger partial charge in [0.25, 0.3) is 0 Å². The summed E-state index contributed by atoms with van der Waals surface area (Å²) in [6.07, 6.45) is 1.83. The van der Waals surface area contributed by atoms with E-state index >= 15 is 0 Å². The zero-order chi connectivity index (χ0) is 13.2. The van der Waals surface area contributed by atoms with Crippen molar-refractivity contribution in [2.24, 2.45) is 0 Å². The zero-order valence-corrected chi connectivity index (χ0v) is 10.5. The van der Waals surface area contributed by atoms with E-state index in [0.29, 0.717) is 5.69 Å². The van der Waals surface area contributed by atoms with Gasteiger partial charge in [0.05, 0.1) is 7.11 Å². The Morgan fingerprint density at radius 3 is 2.74 bits per heavy atom. The van der Waals surface area contributed by atoms with Crippen LogP contribution in [0.25, 0.3) is 21.9 Å². The van der Waals surface area contributed by atoms with Gasteiger partial charge in [-0.3, -0.25) is 0 Å². The molecule has 0 saturated heterocycles. The quantitative estimate of drug-likeness (QED) is 0.707. The summed E-state index contributed by atoms with van der Waals surface area (Å²) in [6, 6.07) is 16.1. The fraction of sp³-hybridized carbons (Fsp3) is 0.0625. The first-order valence-corrected chi connectivity index (χ1v) is 6.04. The van der Waals surface area contributed by atoms with E-state index in [4.69, 9.17) is 4.74 Å². The highest BCUT2D eigenvalue weighted by Gasteiger charge is 2.10. The third-order valence-electron chi connectivity index (χ3n) is 3.19. The SMILES string of the molecule is COC(=O)c1cc(-c2cccc3ccccc23)c[nH]1. The predicted octanol–water partition coefficient (Wildman–Crippen LogP) is 3.62. The molecule has 1 aromatic heterocycles. The second kappa shape index (κ2) is 4.61. The first-order chi connectivity index (χ1) is 9.29. The van der Waals surface area contributed by atoms with Crippen molar-refractivity contribution in [3.63, 3.8) is 0 Å². The molecule has 3 rings (SSSR count). The maximum absolute atomic E-state index is 11.5. The Labute approximate surface area is 110 Å². The number of fused-ring (bicyclic) bond motifs is 1. The van der Waals surface area contributed by atoms with Gasteiger partial charge in [-0.1, -0.05) is 42.5 Å². The topological polar surface area (TPSA) is 42.1 Å². The minimum Gasteiger partial charge on any atom is -0.464 e. The molecule has 0 aliphatic carbocycles. The minimum atomic E-state index is -0.355. The molecular formula is C16H13NO2. The van der Waals surface area contributed by atoms with Gasteiger partial charge in [0.2, 0.25) is 0 Å². The molecule has 19 heavy (non-hydrogen) atoms. The highest BCUT2D eigenvalue weighted by Crippen LogP contribution is 2.28. The molecule has 0 spiro atoms. The lowest BCUT2D eigenvalue weighted by molar-refractivity contribution is 0.0595. The second-order valence-corrected chi connectivity index (χ2v) is 4.32. The lowest BCUT2D eigenvalue weighted by Crippen LogP contribution is -2.00. The summed E-state index contributed by atoms with van der Waals surface area (Å²) in [5, 5.41) is 2.35. The molecule has 3 heteroatoms. The van der Waals surface area contributed by atoms with Gasteiger partial charge >= 0.3 is 5.97 Å². The monoisotopic (exact) mass is 251 g/mol. The van der Waals surface area contributed by atoms with E-state index in [-0.39, 0.29) is 5.97 Å². The molecule has 3 nitrogen and oxygen atoms in total. The Balaban J connectivity index is 2.14. The molecule has 0 fully saturated rings. The van der Waals surface area contributed by atoms with Crippen LogP contribution in [0.3, 0.4) is 0 Å². The molecule has 1 heterocycles. The molecule has 0 amide bonds. The van der Waals surface area contributed by atoms with Gasteiger partial charge in [-0.15, -0.1) is 0 Å². The van der Waals surface area contributed by atoms with Crippen molar-refractivity contribution in [3.05, 3.63) is 60.4 Å². The Bertz CT molecular complexity index is 738. The Kier molecular flexibility index (Phi) is 2.80. The van der Waals surface area contributed by atoms with E-state index in [9.17, 15) is 4.79 Å². The number of nitrogens with one attached hydrogen (secondary N) is 1. The maximum Gasteiger partial charge on any atom is 0.354 e. The second-order valence-electron chi connectivity index (χ2n) is 4.32. The molecule has 94 valence electrons. The summed E-state index contributed by atoms with van der Waals surface area (Å²) in [4.78, 5) is 14.4. The first kappa shape index (κ1) is 11.5. The standard InChI is InChI=1S/C16H13NO2/c1-19-16(18)15-9-12(10-17-15)14-8-4-6-11-5-2-3-7-13(11)14/h2-10,17H,1H3. The van der Waals surface area contributed by atoms with Crippen molar-refractivity contribution < 1.29 is 9.53 Å². The first-order valence-electron chi connectivity index (χ1n) is 6.04.